The van der Waals surface area contributed by atoms with Gasteiger partial charge in [0.25, 0.3) is 0 Å². The fraction of sp³-hybridized carbons (Fsp3) is 0.500. The van der Waals surface area contributed by atoms with Crippen molar-refractivity contribution in [2.75, 3.05) is 24.7 Å². The molecule has 1 N–H and O–H groups in total. The average molecular weight is 232 g/mol. The zero-order valence-electron chi connectivity index (χ0n) is 10.1. The molecule has 2 aromatic rings. The molecular formula is C12H16N4O. The van der Waals surface area contributed by atoms with Gasteiger partial charge in [0.2, 0.25) is 0 Å². The number of anilines is 1. The van der Waals surface area contributed by atoms with Crippen molar-refractivity contribution in [2.24, 2.45) is 0 Å². The van der Waals surface area contributed by atoms with Crippen LogP contribution < -0.4 is 4.90 Å². The molecule has 0 saturated carbocycles. The molecule has 90 valence electrons. The lowest BCUT2D eigenvalue weighted by molar-refractivity contribution is 0.0985. The number of aromatic nitrogens is 3. The minimum Gasteiger partial charge on any atom is -0.377 e. The number of aromatic amines is 1. The summed E-state index contributed by atoms with van der Waals surface area (Å²) >= 11 is 0. The Bertz CT molecular complexity index is 536. The highest BCUT2D eigenvalue weighted by Crippen LogP contribution is 2.21. The Balaban J connectivity index is 1.99. The molecule has 0 unspecified atom stereocenters. The molecule has 0 amide bonds. The third kappa shape index (κ3) is 1.76. The molecule has 0 aliphatic carbocycles. The summed E-state index contributed by atoms with van der Waals surface area (Å²) in [7, 11) is 0. The number of nitrogens with one attached hydrogen (secondary N) is 1. The summed E-state index contributed by atoms with van der Waals surface area (Å²) in [5.74, 6) is 0.986. The van der Waals surface area contributed by atoms with E-state index in [0.29, 0.717) is 6.04 Å². The molecule has 0 radical (unpaired) electrons. The van der Waals surface area contributed by atoms with Crippen LogP contribution in [-0.4, -0.2) is 41.0 Å². The molecule has 2 aromatic heterocycles. The lowest BCUT2D eigenvalue weighted by Gasteiger charge is -2.34. The maximum Gasteiger partial charge on any atom is 0.183 e. The van der Waals surface area contributed by atoms with E-state index in [2.05, 4.69) is 39.1 Å². The van der Waals surface area contributed by atoms with E-state index in [1.165, 1.54) is 0 Å². The first-order chi connectivity index (χ1) is 8.25. The molecule has 3 heterocycles. The van der Waals surface area contributed by atoms with Gasteiger partial charge < -0.3 is 9.64 Å². The van der Waals surface area contributed by atoms with Crippen LogP contribution in [0.5, 0.6) is 0 Å². The summed E-state index contributed by atoms with van der Waals surface area (Å²) in [5, 5.41) is 8.26. The molecule has 1 fully saturated rings. The van der Waals surface area contributed by atoms with Gasteiger partial charge in [0.05, 0.1) is 19.3 Å². The summed E-state index contributed by atoms with van der Waals surface area (Å²) in [4.78, 5) is 6.87. The van der Waals surface area contributed by atoms with Crippen molar-refractivity contribution in [3.05, 3.63) is 17.8 Å². The Kier molecular flexibility index (Phi) is 2.48. The monoisotopic (exact) mass is 232 g/mol. The smallest absolute Gasteiger partial charge is 0.183 e. The van der Waals surface area contributed by atoms with E-state index in [-0.39, 0.29) is 0 Å². The average Bonchev–Trinajstić information content (AvgIpc) is 2.71. The number of nitrogens with zero attached hydrogens (tertiary/aromatic N) is 3. The quantitative estimate of drug-likeness (QED) is 0.809. The molecule has 0 aromatic carbocycles. The van der Waals surface area contributed by atoms with Gasteiger partial charge in [0, 0.05) is 17.6 Å². The van der Waals surface area contributed by atoms with E-state index in [4.69, 9.17) is 4.74 Å². The van der Waals surface area contributed by atoms with Crippen molar-refractivity contribution < 1.29 is 4.74 Å². The number of H-pyrrole nitrogens is 1. The minimum atomic E-state index is 0.369. The molecule has 0 spiro atoms. The van der Waals surface area contributed by atoms with Gasteiger partial charge in [-0.15, -0.1) is 0 Å². The number of hydrogen-bond acceptors (Lipinski definition) is 4. The second-order valence-electron chi connectivity index (χ2n) is 4.51. The van der Waals surface area contributed by atoms with Gasteiger partial charge in [-0.1, -0.05) is 0 Å². The van der Waals surface area contributed by atoms with Crippen LogP contribution in [0.15, 0.2) is 12.1 Å². The van der Waals surface area contributed by atoms with Crippen molar-refractivity contribution >= 4 is 16.9 Å². The Morgan fingerprint density at radius 1 is 1.47 bits per heavy atom. The van der Waals surface area contributed by atoms with Crippen LogP contribution in [-0.2, 0) is 4.74 Å². The van der Waals surface area contributed by atoms with Gasteiger partial charge in [0.1, 0.15) is 5.82 Å². The summed E-state index contributed by atoms with van der Waals surface area (Å²) < 4.78 is 5.43. The van der Waals surface area contributed by atoms with Crippen molar-refractivity contribution in [1.82, 2.24) is 15.2 Å². The van der Waals surface area contributed by atoms with Crippen molar-refractivity contribution in [1.29, 1.82) is 0 Å². The number of aryl methyl sites for hydroxylation is 1. The van der Waals surface area contributed by atoms with Crippen LogP contribution in [0, 0.1) is 6.92 Å². The molecule has 1 aliphatic heterocycles. The van der Waals surface area contributed by atoms with Gasteiger partial charge in [0.15, 0.2) is 5.65 Å². The third-order valence-corrected chi connectivity index (χ3v) is 3.26. The van der Waals surface area contributed by atoms with E-state index < -0.39 is 0 Å². The highest BCUT2D eigenvalue weighted by Gasteiger charge is 2.20. The van der Waals surface area contributed by atoms with Crippen molar-refractivity contribution in [3.8, 4) is 0 Å². The zero-order chi connectivity index (χ0) is 11.8. The van der Waals surface area contributed by atoms with E-state index in [1.54, 1.807) is 0 Å². The summed E-state index contributed by atoms with van der Waals surface area (Å²) in [5.41, 5.74) is 1.85. The fourth-order valence-corrected chi connectivity index (χ4v) is 2.24. The highest BCUT2D eigenvalue weighted by molar-refractivity contribution is 5.79. The number of ether oxygens (including phenoxy) is 1. The van der Waals surface area contributed by atoms with Gasteiger partial charge in [-0.05, 0) is 26.0 Å². The topological polar surface area (TPSA) is 54.0 Å². The van der Waals surface area contributed by atoms with E-state index >= 15 is 0 Å². The van der Waals surface area contributed by atoms with E-state index in [0.717, 1.165) is 42.3 Å². The van der Waals surface area contributed by atoms with Crippen LogP contribution in [0.4, 0.5) is 5.82 Å². The first kappa shape index (κ1) is 10.5. The summed E-state index contributed by atoms with van der Waals surface area (Å²) in [6.45, 7) is 6.58. The van der Waals surface area contributed by atoms with Gasteiger partial charge >= 0.3 is 0 Å². The SMILES string of the molecule is Cc1[nH]nc2nc(N3CCOC[C@H]3C)ccc12. The van der Waals surface area contributed by atoms with Crippen molar-refractivity contribution in [3.63, 3.8) is 0 Å². The van der Waals surface area contributed by atoms with Crippen LogP contribution >= 0.6 is 0 Å². The highest BCUT2D eigenvalue weighted by atomic mass is 16.5. The molecule has 5 nitrogen and oxygen atoms in total. The van der Waals surface area contributed by atoms with E-state index in [9.17, 15) is 0 Å². The first-order valence-electron chi connectivity index (χ1n) is 5.92. The van der Waals surface area contributed by atoms with Gasteiger partial charge in [-0.25, -0.2) is 4.98 Å². The van der Waals surface area contributed by atoms with Gasteiger partial charge in [-0.2, -0.15) is 5.10 Å². The van der Waals surface area contributed by atoms with Gasteiger partial charge in [-0.3, -0.25) is 5.10 Å². The Morgan fingerprint density at radius 3 is 3.18 bits per heavy atom. The minimum absolute atomic E-state index is 0.369. The predicted octanol–water partition coefficient (Wildman–Crippen LogP) is 1.49. The summed E-state index contributed by atoms with van der Waals surface area (Å²) in [6, 6.07) is 4.51. The predicted molar refractivity (Wildman–Crippen MR) is 66.3 cm³/mol. The molecule has 0 bridgehead atoms. The molecule has 1 atom stereocenters. The van der Waals surface area contributed by atoms with Crippen LogP contribution in [0.3, 0.4) is 0 Å². The standard InChI is InChI=1S/C12H16N4O/c1-8-7-17-6-5-16(8)11-4-3-10-9(2)14-15-12(10)13-11/h3-4,8H,5-7H2,1-2H3,(H,13,14,15)/t8-/m1/s1. The molecule has 5 heteroatoms. The number of pyridine rings is 1. The van der Waals surface area contributed by atoms with E-state index in [1.807, 2.05) is 6.92 Å². The Labute approximate surface area is 99.8 Å². The Morgan fingerprint density at radius 2 is 2.35 bits per heavy atom. The summed E-state index contributed by atoms with van der Waals surface area (Å²) in [6.07, 6.45) is 0. The van der Waals surface area contributed by atoms with Crippen LogP contribution in [0.2, 0.25) is 0 Å². The number of morpholine rings is 1. The zero-order valence-corrected chi connectivity index (χ0v) is 10.1. The number of hydrogen-bond donors (Lipinski definition) is 1. The molecule has 1 saturated heterocycles. The number of rotatable bonds is 1. The molecular weight excluding hydrogens is 216 g/mol. The van der Waals surface area contributed by atoms with Crippen LogP contribution in [0.1, 0.15) is 12.6 Å². The Hall–Kier alpha value is -1.62. The maximum absolute atomic E-state index is 5.43. The molecule has 1 aliphatic rings. The largest absolute Gasteiger partial charge is 0.377 e. The third-order valence-electron chi connectivity index (χ3n) is 3.26. The second kappa shape index (κ2) is 4.00. The second-order valence-corrected chi connectivity index (χ2v) is 4.51. The molecule has 3 rings (SSSR count). The molecule has 17 heavy (non-hydrogen) atoms. The lowest BCUT2D eigenvalue weighted by atomic mass is 10.2. The fourth-order valence-electron chi connectivity index (χ4n) is 2.24. The first-order valence-corrected chi connectivity index (χ1v) is 5.92. The van der Waals surface area contributed by atoms with Crippen LogP contribution in [0.25, 0.3) is 11.0 Å². The number of fused-ring (bicyclic) bond motifs is 1. The normalized spacial score (nSPS) is 21.1. The lowest BCUT2D eigenvalue weighted by Crippen LogP contribution is -2.44. The van der Waals surface area contributed by atoms with Crippen molar-refractivity contribution in [2.45, 2.75) is 19.9 Å². The maximum atomic E-state index is 5.43.